The quantitative estimate of drug-likeness (QED) is 0.278. The van der Waals surface area contributed by atoms with E-state index >= 15 is 0 Å². The summed E-state index contributed by atoms with van der Waals surface area (Å²) in [6.07, 6.45) is 0.588. The lowest BCUT2D eigenvalue weighted by molar-refractivity contribution is -0.171. The number of aliphatic hydroxyl groups is 1. The Hall–Kier alpha value is -4.25. The van der Waals surface area contributed by atoms with Crippen molar-refractivity contribution in [1.29, 1.82) is 0 Å². The maximum absolute atomic E-state index is 13.5. The largest absolute Gasteiger partial charge is 0.427 e. The summed E-state index contributed by atoms with van der Waals surface area (Å²) in [6.45, 7) is 11.7. The molecule has 1 aromatic heterocycles. The average Bonchev–Trinajstić information content (AvgIpc) is 3.55. The Morgan fingerprint density at radius 1 is 1.00 bits per heavy atom. The van der Waals surface area contributed by atoms with Crippen LogP contribution in [0.15, 0.2) is 59.9 Å². The van der Waals surface area contributed by atoms with Gasteiger partial charge in [-0.05, 0) is 76.4 Å². The van der Waals surface area contributed by atoms with Gasteiger partial charge >= 0.3 is 11.9 Å². The van der Waals surface area contributed by atoms with Crippen LogP contribution in [-0.2, 0) is 19.1 Å². The van der Waals surface area contributed by atoms with Crippen molar-refractivity contribution in [3.63, 3.8) is 0 Å². The number of hydrogen-bond donors (Lipinski definition) is 3. The van der Waals surface area contributed by atoms with Crippen molar-refractivity contribution in [3.8, 4) is 22.5 Å². The Morgan fingerprint density at radius 3 is 2.20 bits per heavy atom. The van der Waals surface area contributed by atoms with Crippen LogP contribution in [0.2, 0.25) is 0 Å². The number of hydrogen-bond acceptors (Lipinski definition) is 10. The van der Waals surface area contributed by atoms with E-state index in [0.717, 1.165) is 16.7 Å². The Labute approximate surface area is 233 Å². The molecule has 1 aliphatic rings. The van der Waals surface area contributed by atoms with Gasteiger partial charge in [-0.25, -0.2) is 4.79 Å². The summed E-state index contributed by atoms with van der Waals surface area (Å²) in [6, 6.07) is 15.4. The summed E-state index contributed by atoms with van der Waals surface area (Å²) in [5.41, 5.74) is 0.940. The van der Waals surface area contributed by atoms with Gasteiger partial charge in [0.15, 0.2) is 5.70 Å². The monoisotopic (exact) mass is 548 g/mol. The molecule has 1 unspecified atom stereocenters. The fourth-order valence-electron chi connectivity index (χ4n) is 4.46. The van der Waals surface area contributed by atoms with Gasteiger partial charge in [0.1, 0.15) is 11.3 Å². The van der Waals surface area contributed by atoms with Crippen LogP contribution in [-0.4, -0.2) is 55.7 Å². The van der Waals surface area contributed by atoms with Crippen molar-refractivity contribution < 1.29 is 24.2 Å². The molecule has 2 heterocycles. The molecule has 0 fully saturated rings. The van der Waals surface area contributed by atoms with Crippen LogP contribution in [0, 0.1) is 5.41 Å². The van der Waals surface area contributed by atoms with Crippen molar-refractivity contribution >= 4 is 17.6 Å². The molecule has 11 heteroatoms. The Balaban J connectivity index is 1.70. The lowest BCUT2D eigenvalue weighted by Gasteiger charge is -2.37. The fraction of sp³-hybridized carbons (Fsp3) is 0.414. The van der Waals surface area contributed by atoms with Crippen molar-refractivity contribution in [2.75, 3.05) is 11.7 Å². The molecule has 40 heavy (non-hydrogen) atoms. The van der Waals surface area contributed by atoms with Gasteiger partial charge in [0.25, 0.3) is 0 Å². The van der Waals surface area contributed by atoms with Crippen molar-refractivity contribution in [2.45, 2.75) is 66.2 Å². The molecule has 3 aromatic rings. The van der Waals surface area contributed by atoms with Gasteiger partial charge in [-0.2, -0.15) is 5.21 Å². The molecule has 3 N–H and O–H groups in total. The number of H-pyrrole nitrogens is 1. The van der Waals surface area contributed by atoms with Crippen LogP contribution in [0.25, 0.3) is 22.5 Å². The third-order valence-electron chi connectivity index (χ3n) is 6.78. The number of carbonyl (C=O) groups excluding carboxylic acids is 2. The van der Waals surface area contributed by atoms with E-state index < -0.39 is 35.4 Å². The van der Waals surface area contributed by atoms with Crippen LogP contribution < -0.4 is 10.2 Å². The Morgan fingerprint density at radius 2 is 1.65 bits per heavy atom. The third-order valence-corrected chi connectivity index (χ3v) is 6.78. The zero-order valence-corrected chi connectivity index (χ0v) is 23.9. The van der Waals surface area contributed by atoms with Gasteiger partial charge in [-0.15, -0.1) is 10.2 Å². The zero-order valence-electron chi connectivity index (χ0n) is 23.9. The number of carbonyl (C=O) groups is 2. The molecule has 0 amide bonds. The standard InChI is InChI=1S/C29H36N6O5/c1-8-29(7)30-23(28(5,6)38)22(25(36)39-17-40-26(37)27(2,3)4)35(29)19-15-13-18(14-16-19)20-11-9-10-12-21(20)24-31-33-34-32-24/h9-16,30,38H,8,17H2,1-7H3,(H,31,32,33,34). The predicted molar refractivity (Wildman–Crippen MR) is 149 cm³/mol. The highest BCUT2D eigenvalue weighted by Gasteiger charge is 2.48. The second kappa shape index (κ2) is 10.7. The molecule has 1 atom stereocenters. The summed E-state index contributed by atoms with van der Waals surface area (Å²) >= 11 is 0. The van der Waals surface area contributed by atoms with Crippen LogP contribution >= 0.6 is 0 Å². The highest BCUT2D eigenvalue weighted by atomic mass is 16.7. The third kappa shape index (κ3) is 5.69. The number of esters is 2. The predicted octanol–water partition coefficient (Wildman–Crippen LogP) is 4.14. The molecular weight excluding hydrogens is 512 g/mol. The van der Waals surface area contributed by atoms with E-state index in [1.54, 1.807) is 34.6 Å². The van der Waals surface area contributed by atoms with Gasteiger partial charge in [-0.3, -0.25) is 4.79 Å². The minimum absolute atomic E-state index is 0.142. The molecular formula is C29H36N6O5. The second-order valence-electron chi connectivity index (χ2n) is 11.4. The smallest absolute Gasteiger partial charge is 0.359 e. The van der Waals surface area contributed by atoms with Crippen LogP contribution in [0.4, 0.5) is 5.69 Å². The topological polar surface area (TPSA) is 143 Å². The SMILES string of the molecule is CCC1(C)NC(C(C)(C)O)=C(C(=O)OCOC(=O)C(C)(C)C)N1c1ccc(-c2ccccc2-c2nn[nH]n2)cc1. The molecule has 0 radical (unpaired) electrons. The molecule has 0 spiro atoms. The van der Waals surface area contributed by atoms with E-state index in [-0.39, 0.29) is 5.70 Å². The van der Waals surface area contributed by atoms with E-state index in [1.807, 2.05) is 67.3 Å². The first-order valence-electron chi connectivity index (χ1n) is 13.1. The number of aromatic amines is 1. The van der Waals surface area contributed by atoms with E-state index in [9.17, 15) is 14.7 Å². The minimum Gasteiger partial charge on any atom is -0.427 e. The van der Waals surface area contributed by atoms with E-state index in [1.165, 1.54) is 0 Å². The summed E-state index contributed by atoms with van der Waals surface area (Å²) in [7, 11) is 0. The van der Waals surface area contributed by atoms with E-state index in [4.69, 9.17) is 9.47 Å². The first kappa shape index (κ1) is 28.8. The highest BCUT2D eigenvalue weighted by Crippen LogP contribution is 2.41. The molecule has 4 rings (SSSR count). The molecule has 2 aromatic carbocycles. The highest BCUT2D eigenvalue weighted by molar-refractivity contribution is 5.96. The van der Waals surface area contributed by atoms with Gasteiger partial charge in [0, 0.05) is 11.3 Å². The molecule has 0 aliphatic carbocycles. The normalized spacial score (nSPS) is 17.6. The van der Waals surface area contributed by atoms with Crippen molar-refractivity contribution in [1.82, 2.24) is 25.9 Å². The first-order valence-corrected chi connectivity index (χ1v) is 13.1. The lowest BCUT2D eigenvalue weighted by Crippen LogP contribution is -2.51. The Kier molecular flexibility index (Phi) is 7.71. The number of ether oxygens (including phenoxy) is 2. The van der Waals surface area contributed by atoms with Crippen molar-refractivity contribution in [2.24, 2.45) is 5.41 Å². The molecule has 1 aliphatic heterocycles. The van der Waals surface area contributed by atoms with Crippen molar-refractivity contribution in [3.05, 3.63) is 59.9 Å². The van der Waals surface area contributed by atoms with Crippen LogP contribution in [0.1, 0.15) is 54.9 Å². The maximum Gasteiger partial charge on any atom is 0.359 e. The summed E-state index contributed by atoms with van der Waals surface area (Å²) in [5, 5.41) is 28.8. The number of rotatable bonds is 8. The second-order valence-corrected chi connectivity index (χ2v) is 11.4. The molecule has 212 valence electrons. The zero-order chi connectivity index (χ0) is 29.3. The fourth-order valence-corrected chi connectivity index (χ4v) is 4.46. The van der Waals surface area contributed by atoms with Crippen LogP contribution in [0.5, 0.6) is 0 Å². The minimum atomic E-state index is -1.38. The summed E-state index contributed by atoms with van der Waals surface area (Å²) < 4.78 is 10.6. The number of aromatic nitrogens is 4. The molecule has 0 bridgehead atoms. The number of tetrazole rings is 1. The molecule has 0 saturated heterocycles. The lowest BCUT2D eigenvalue weighted by atomic mass is 9.98. The number of nitrogens with zero attached hydrogens (tertiary/aromatic N) is 4. The van der Waals surface area contributed by atoms with Gasteiger partial charge in [0.05, 0.1) is 11.1 Å². The van der Waals surface area contributed by atoms with Gasteiger partial charge < -0.3 is 24.8 Å². The number of nitrogens with one attached hydrogen (secondary N) is 2. The van der Waals surface area contributed by atoms with Crippen LogP contribution in [0.3, 0.4) is 0 Å². The summed E-state index contributed by atoms with van der Waals surface area (Å²) in [5.74, 6) is -0.736. The van der Waals surface area contributed by atoms with Gasteiger partial charge in [0.2, 0.25) is 12.6 Å². The van der Waals surface area contributed by atoms with E-state index in [2.05, 4.69) is 25.9 Å². The summed E-state index contributed by atoms with van der Waals surface area (Å²) in [4.78, 5) is 27.5. The molecule has 11 nitrogen and oxygen atoms in total. The number of anilines is 1. The first-order chi connectivity index (χ1) is 18.8. The molecule has 0 saturated carbocycles. The average molecular weight is 549 g/mol. The number of benzene rings is 2. The van der Waals surface area contributed by atoms with E-state index in [0.29, 0.717) is 23.6 Å². The maximum atomic E-state index is 13.5. The Bertz CT molecular complexity index is 1400. The van der Waals surface area contributed by atoms with Gasteiger partial charge in [-0.1, -0.05) is 43.3 Å².